The molecule has 1 N–H and O–H groups in total. The van der Waals surface area contributed by atoms with Gasteiger partial charge in [0.2, 0.25) is 11.8 Å². The largest absolute Gasteiger partial charge is 0.416 e. The van der Waals surface area contributed by atoms with E-state index in [1.165, 1.54) is 27.2 Å². The minimum atomic E-state index is -4.43. The molecule has 0 bridgehead atoms. The van der Waals surface area contributed by atoms with Gasteiger partial charge in [-0.2, -0.15) is 13.2 Å². The van der Waals surface area contributed by atoms with Crippen molar-refractivity contribution in [3.8, 4) is 0 Å². The maximum absolute atomic E-state index is 12.9. The number of benzene rings is 1. The number of carbonyl (C=O) groups is 2. The van der Waals surface area contributed by atoms with Crippen LogP contribution in [0.5, 0.6) is 0 Å². The first-order chi connectivity index (χ1) is 13.3. The summed E-state index contributed by atoms with van der Waals surface area (Å²) in [6, 6.07) is 4.91. The predicted molar refractivity (Wildman–Crippen MR) is 97.7 cm³/mol. The van der Waals surface area contributed by atoms with Crippen LogP contribution in [0.2, 0.25) is 0 Å². The van der Waals surface area contributed by atoms with Crippen molar-refractivity contribution in [2.45, 2.75) is 38.4 Å². The van der Waals surface area contributed by atoms with E-state index in [9.17, 15) is 22.8 Å². The lowest BCUT2D eigenvalue weighted by atomic mass is 10.1. The molecule has 2 aromatic rings. The van der Waals surface area contributed by atoms with Crippen molar-refractivity contribution in [3.63, 3.8) is 0 Å². The van der Waals surface area contributed by atoms with Crippen molar-refractivity contribution in [2.75, 3.05) is 11.9 Å². The summed E-state index contributed by atoms with van der Waals surface area (Å²) in [7, 11) is 0. The molecule has 28 heavy (non-hydrogen) atoms. The second-order valence-corrected chi connectivity index (χ2v) is 8.19. The van der Waals surface area contributed by atoms with E-state index in [0.29, 0.717) is 10.7 Å². The lowest BCUT2D eigenvalue weighted by Crippen LogP contribution is -2.28. The van der Waals surface area contributed by atoms with Crippen molar-refractivity contribution < 1.29 is 22.8 Å². The maximum Gasteiger partial charge on any atom is 0.416 e. The lowest BCUT2D eigenvalue weighted by Gasteiger charge is -2.17. The predicted octanol–water partition coefficient (Wildman–Crippen LogP) is 3.64. The molecule has 2 aliphatic rings. The van der Waals surface area contributed by atoms with Crippen molar-refractivity contribution >= 4 is 28.3 Å². The summed E-state index contributed by atoms with van der Waals surface area (Å²) >= 11 is 1.47. The van der Waals surface area contributed by atoms with Crippen LogP contribution in [0.3, 0.4) is 0 Å². The van der Waals surface area contributed by atoms with Crippen LogP contribution in [0.4, 0.5) is 18.3 Å². The van der Waals surface area contributed by atoms with Gasteiger partial charge in [-0.05, 0) is 37.0 Å². The second-order valence-electron chi connectivity index (χ2n) is 7.11. The van der Waals surface area contributed by atoms with E-state index in [1.54, 1.807) is 6.07 Å². The smallest absolute Gasteiger partial charge is 0.338 e. The molecule has 1 atom stereocenters. The number of fused-ring (bicyclic) bond motifs is 1. The van der Waals surface area contributed by atoms with Crippen LogP contribution in [0.15, 0.2) is 24.3 Å². The van der Waals surface area contributed by atoms with Crippen molar-refractivity contribution in [1.29, 1.82) is 0 Å². The Bertz CT molecular complexity index is 904. The number of rotatable bonds is 4. The molecule has 4 rings (SSSR count). The third kappa shape index (κ3) is 3.89. The molecule has 1 aromatic carbocycles. The number of nitrogens with zero attached hydrogens (tertiary/aromatic N) is 2. The van der Waals surface area contributed by atoms with Crippen molar-refractivity contribution in [3.05, 3.63) is 46.0 Å². The molecule has 5 nitrogen and oxygen atoms in total. The number of hydrogen-bond acceptors (Lipinski definition) is 4. The Labute approximate surface area is 163 Å². The average Bonchev–Trinajstić information content (AvgIpc) is 3.30. The number of nitrogens with one attached hydrogen (secondary N) is 1. The van der Waals surface area contributed by atoms with Gasteiger partial charge in [0.25, 0.3) is 0 Å². The summed E-state index contributed by atoms with van der Waals surface area (Å²) in [4.78, 5) is 31.8. The molecule has 2 amide bonds. The van der Waals surface area contributed by atoms with Gasteiger partial charge in [-0.3, -0.25) is 9.59 Å². The minimum absolute atomic E-state index is 0.0515. The molecule has 2 heterocycles. The van der Waals surface area contributed by atoms with E-state index in [-0.39, 0.29) is 31.3 Å². The first-order valence-electron chi connectivity index (χ1n) is 9.03. The Kier molecular flexibility index (Phi) is 4.86. The van der Waals surface area contributed by atoms with E-state index >= 15 is 0 Å². The number of aryl methyl sites for hydroxylation is 2. The number of likely N-dealkylation sites (tertiary alicyclic amines) is 1. The molecule has 1 aliphatic carbocycles. The molecule has 0 unspecified atom stereocenters. The molecular formula is C19H18F3N3O2S. The van der Waals surface area contributed by atoms with E-state index in [1.807, 2.05) is 0 Å². The summed E-state index contributed by atoms with van der Waals surface area (Å²) in [6.45, 7) is 0.240. The number of aromatic nitrogens is 1. The monoisotopic (exact) mass is 409 g/mol. The van der Waals surface area contributed by atoms with Crippen LogP contribution >= 0.6 is 11.3 Å². The van der Waals surface area contributed by atoms with E-state index in [4.69, 9.17) is 0 Å². The van der Waals surface area contributed by atoms with Crippen molar-refractivity contribution in [2.24, 2.45) is 5.92 Å². The first-order valence-corrected chi connectivity index (χ1v) is 9.84. The maximum atomic E-state index is 12.9. The number of amides is 2. The Hall–Kier alpha value is -2.42. The van der Waals surface area contributed by atoms with Gasteiger partial charge in [-0.1, -0.05) is 12.1 Å². The van der Waals surface area contributed by atoms with E-state index < -0.39 is 17.7 Å². The fraction of sp³-hybridized carbons (Fsp3) is 0.421. The summed E-state index contributed by atoms with van der Waals surface area (Å²) in [5.74, 6) is -1.04. The highest BCUT2D eigenvalue weighted by molar-refractivity contribution is 7.15. The van der Waals surface area contributed by atoms with Crippen LogP contribution in [0, 0.1) is 5.92 Å². The van der Waals surface area contributed by atoms with Crippen LogP contribution in [-0.4, -0.2) is 28.2 Å². The summed E-state index contributed by atoms with van der Waals surface area (Å²) in [6.07, 6.45) is -1.38. The van der Waals surface area contributed by atoms with E-state index in [2.05, 4.69) is 10.3 Å². The third-order valence-electron chi connectivity index (χ3n) is 5.04. The number of carbonyl (C=O) groups excluding carboxylic acids is 2. The molecule has 148 valence electrons. The van der Waals surface area contributed by atoms with Crippen LogP contribution in [0.25, 0.3) is 0 Å². The molecule has 0 spiro atoms. The lowest BCUT2D eigenvalue weighted by molar-refractivity contribution is -0.137. The van der Waals surface area contributed by atoms with Gasteiger partial charge in [0.15, 0.2) is 5.13 Å². The normalized spacial score (nSPS) is 19.2. The number of alkyl halides is 3. The Balaban J connectivity index is 1.39. The Morgan fingerprint density at radius 3 is 2.89 bits per heavy atom. The standard InChI is InChI=1S/C19H18F3N3O2S/c20-19(21,22)13-4-1-3-11(7-13)9-25-10-12(8-16(25)26)17(27)24-18-23-14-5-2-6-15(14)28-18/h1,3-4,7,12H,2,5-6,8-10H2,(H,23,24,27)/t12-/m1/s1. The Morgan fingerprint density at radius 1 is 1.32 bits per heavy atom. The zero-order valence-corrected chi connectivity index (χ0v) is 15.7. The zero-order chi connectivity index (χ0) is 19.9. The van der Waals surface area contributed by atoms with Gasteiger partial charge in [0, 0.05) is 24.4 Å². The quantitative estimate of drug-likeness (QED) is 0.839. The van der Waals surface area contributed by atoms with Gasteiger partial charge in [0.05, 0.1) is 17.2 Å². The third-order valence-corrected chi connectivity index (χ3v) is 6.11. The molecule has 0 saturated carbocycles. The topological polar surface area (TPSA) is 62.3 Å². The molecule has 1 aromatic heterocycles. The number of anilines is 1. The van der Waals surface area contributed by atoms with Gasteiger partial charge < -0.3 is 10.2 Å². The average molecular weight is 409 g/mol. The molecule has 1 saturated heterocycles. The molecular weight excluding hydrogens is 391 g/mol. The highest BCUT2D eigenvalue weighted by Crippen LogP contribution is 2.32. The highest BCUT2D eigenvalue weighted by Gasteiger charge is 2.35. The fourth-order valence-corrected chi connectivity index (χ4v) is 4.67. The second kappa shape index (κ2) is 7.20. The summed E-state index contributed by atoms with van der Waals surface area (Å²) < 4.78 is 38.6. The van der Waals surface area contributed by atoms with Gasteiger partial charge in [0.1, 0.15) is 0 Å². The van der Waals surface area contributed by atoms with Crippen LogP contribution in [-0.2, 0) is 35.2 Å². The van der Waals surface area contributed by atoms with E-state index in [0.717, 1.165) is 37.1 Å². The van der Waals surface area contributed by atoms with Crippen molar-refractivity contribution in [1.82, 2.24) is 9.88 Å². The van der Waals surface area contributed by atoms with Gasteiger partial charge >= 0.3 is 6.18 Å². The van der Waals surface area contributed by atoms with Gasteiger partial charge in [-0.25, -0.2) is 4.98 Å². The number of hydrogen-bond donors (Lipinski definition) is 1. The summed E-state index contributed by atoms with van der Waals surface area (Å²) in [5, 5.41) is 3.34. The Morgan fingerprint density at radius 2 is 2.14 bits per heavy atom. The number of thiazole rings is 1. The molecule has 1 aliphatic heterocycles. The van der Waals surface area contributed by atoms with Gasteiger partial charge in [-0.15, -0.1) is 11.3 Å². The molecule has 1 fully saturated rings. The minimum Gasteiger partial charge on any atom is -0.338 e. The fourth-order valence-electron chi connectivity index (χ4n) is 3.62. The SMILES string of the molecule is O=C(Nc1nc2c(s1)CCC2)[C@@H]1CC(=O)N(Cc2cccc(C(F)(F)F)c2)C1. The molecule has 0 radical (unpaired) electrons. The van der Waals surface area contributed by atoms with Crippen LogP contribution in [0.1, 0.15) is 34.5 Å². The summed E-state index contributed by atoms with van der Waals surface area (Å²) in [5.41, 5.74) is 0.678. The zero-order valence-electron chi connectivity index (χ0n) is 14.9. The highest BCUT2D eigenvalue weighted by atomic mass is 32.1. The van der Waals surface area contributed by atoms with Crippen LogP contribution < -0.4 is 5.32 Å². The molecule has 9 heteroatoms. The first kappa shape index (κ1) is 18.9. The number of halogens is 3.